The van der Waals surface area contributed by atoms with Crippen LogP contribution in [0.2, 0.25) is 0 Å². The van der Waals surface area contributed by atoms with Gasteiger partial charge in [-0.15, -0.1) is 0 Å². The van der Waals surface area contributed by atoms with Crippen molar-refractivity contribution in [2.45, 2.75) is 111 Å². The van der Waals surface area contributed by atoms with E-state index >= 15 is 0 Å². The Balaban J connectivity index is 1.75. The topological polar surface area (TPSA) is 332 Å². The second-order valence-corrected chi connectivity index (χ2v) is 10.3. The summed E-state index contributed by atoms with van der Waals surface area (Å²) in [7, 11) is 0. The lowest BCUT2D eigenvalue weighted by Gasteiger charge is -2.48. The minimum Gasteiger partial charge on any atom is -0.394 e. The largest absolute Gasteiger partial charge is 0.394 e. The van der Waals surface area contributed by atoms with Gasteiger partial charge in [0.2, 0.25) is 5.91 Å². The maximum absolute atomic E-state index is 12.3. The van der Waals surface area contributed by atoms with E-state index in [9.17, 15) is 45.6 Å². The van der Waals surface area contributed by atoms with Crippen molar-refractivity contribution in [3.63, 3.8) is 0 Å². The Morgan fingerprint density at radius 2 is 1.38 bits per heavy atom. The van der Waals surface area contributed by atoms with Crippen LogP contribution in [0.25, 0.3) is 0 Å². The van der Waals surface area contributed by atoms with Gasteiger partial charge in [0.1, 0.15) is 67.1 Å². The van der Waals surface area contributed by atoms with Crippen LogP contribution in [0.3, 0.4) is 0 Å². The van der Waals surface area contributed by atoms with Gasteiger partial charge in [-0.05, 0) is 19.4 Å². The molecule has 3 aliphatic rings. The molecule has 17 N–H and O–H groups in total. The number of nitrogens with one attached hydrogen (secondary N) is 1. The molecule has 1 aliphatic carbocycles. The highest BCUT2D eigenvalue weighted by atomic mass is 16.7. The summed E-state index contributed by atoms with van der Waals surface area (Å²) >= 11 is 0. The summed E-state index contributed by atoms with van der Waals surface area (Å²) in [4.78, 5) is 12.3. The zero-order valence-corrected chi connectivity index (χ0v) is 21.7. The maximum Gasteiger partial charge on any atom is 0.249 e. The lowest BCUT2D eigenvalue weighted by atomic mass is 9.84. The third kappa shape index (κ3) is 7.06. The van der Waals surface area contributed by atoms with Crippen LogP contribution >= 0.6 is 0 Å². The van der Waals surface area contributed by atoms with Gasteiger partial charge in [0, 0.05) is 18.6 Å². The quantitative estimate of drug-likeness (QED) is 0.113. The summed E-state index contributed by atoms with van der Waals surface area (Å²) in [6, 6.07) is -3.32. The van der Waals surface area contributed by atoms with Crippen LogP contribution in [0.1, 0.15) is 12.8 Å². The van der Waals surface area contributed by atoms with E-state index in [0.29, 0.717) is 0 Å². The van der Waals surface area contributed by atoms with Gasteiger partial charge in [-0.1, -0.05) is 0 Å². The number of ether oxygens (including phenoxy) is 4. The first-order valence-electron chi connectivity index (χ1n) is 13.1. The molecule has 3 rings (SSSR count). The minimum atomic E-state index is -1.76. The van der Waals surface area contributed by atoms with Crippen LogP contribution in [0.15, 0.2) is 0 Å². The molecule has 0 bridgehead atoms. The van der Waals surface area contributed by atoms with Gasteiger partial charge in [0.25, 0.3) is 0 Å². The normalized spacial score (nSPS) is 47.0. The van der Waals surface area contributed by atoms with E-state index in [-0.39, 0.29) is 25.9 Å². The van der Waals surface area contributed by atoms with Gasteiger partial charge in [-0.25, -0.2) is 0 Å². The number of rotatable bonds is 10. The third-order valence-electron chi connectivity index (χ3n) is 7.48. The van der Waals surface area contributed by atoms with Crippen molar-refractivity contribution in [1.82, 2.24) is 5.32 Å². The Kier molecular flexibility index (Phi) is 11.9. The molecule has 18 nitrogen and oxygen atoms in total. The predicted molar refractivity (Wildman–Crippen MR) is 131 cm³/mol. The first-order valence-corrected chi connectivity index (χ1v) is 13.1. The number of aliphatic hydroxyl groups is 8. The van der Waals surface area contributed by atoms with Gasteiger partial charge in [0.15, 0.2) is 12.6 Å². The monoisotopic (exact) mass is 585 g/mol. The van der Waals surface area contributed by atoms with Gasteiger partial charge in [-0.2, -0.15) is 0 Å². The molecule has 1 amide bonds. The summed E-state index contributed by atoms with van der Waals surface area (Å²) in [5.74, 6) is -0.936. The van der Waals surface area contributed by atoms with Crippen molar-refractivity contribution in [2.75, 3.05) is 19.7 Å². The Bertz CT molecular complexity index is 817. The Morgan fingerprint density at radius 3 is 1.90 bits per heavy atom. The zero-order valence-electron chi connectivity index (χ0n) is 21.7. The fourth-order valence-corrected chi connectivity index (χ4v) is 5.09. The number of hydrogen-bond donors (Lipinski definition) is 13. The number of hydrogen-bond acceptors (Lipinski definition) is 17. The SMILES string of the molecule is NCC[C@@H](O)C(=O)N[C@@H]1[C@@H](O)[C@@H](O[C@H]2[C@H](O)[C@@H](O[C@@H]3O[C@@H](CN)[C@H](O)[C@@H](O)[C@@H]3O)[C@H](N)C[C@@H]2N)O[C@H](CO)[C@H]1O. The average molecular weight is 586 g/mol. The molecule has 3 fully saturated rings. The lowest BCUT2D eigenvalue weighted by Crippen LogP contribution is -2.69. The van der Waals surface area contributed by atoms with Gasteiger partial charge < -0.3 is 88.1 Å². The molecule has 2 heterocycles. The summed E-state index contributed by atoms with van der Waals surface area (Å²) in [5, 5.41) is 85.0. The molecule has 0 aromatic heterocycles. The van der Waals surface area contributed by atoms with Gasteiger partial charge >= 0.3 is 0 Å². The zero-order chi connectivity index (χ0) is 29.9. The number of carbonyl (C=O) groups excluding carboxylic acids is 1. The van der Waals surface area contributed by atoms with Crippen molar-refractivity contribution in [3.8, 4) is 0 Å². The van der Waals surface area contributed by atoms with Crippen molar-refractivity contribution < 1.29 is 64.6 Å². The number of amides is 1. The molecule has 1 saturated carbocycles. The van der Waals surface area contributed by atoms with Crippen LogP contribution < -0.4 is 28.3 Å². The fraction of sp³-hybridized carbons (Fsp3) is 0.955. The van der Waals surface area contributed by atoms with Crippen molar-refractivity contribution in [1.29, 1.82) is 0 Å². The highest BCUT2D eigenvalue weighted by Gasteiger charge is 2.52. The first-order chi connectivity index (χ1) is 18.9. The molecule has 16 atom stereocenters. The standard InChI is InChI=1S/C22H43N5O13/c23-2-1-8(29)20(36)27-11-12(30)10(5-28)38-21(14(11)32)39-18-6(25)3-7(26)19(17(18)35)40-22-16(34)15(33)13(31)9(4-24)37-22/h6-19,21-22,28-35H,1-5,23-26H2,(H,27,36)/t6-,7+,8+,9-,10+,11-,12+,13-,14+,15+,16-,17-,18+,19-,21+,22-/m0/s1. The fourth-order valence-electron chi connectivity index (χ4n) is 5.09. The van der Waals surface area contributed by atoms with Crippen LogP contribution in [0.4, 0.5) is 0 Å². The number of nitrogens with two attached hydrogens (primary N) is 4. The Labute approximate surface area is 229 Å². The molecule has 0 radical (unpaired) electrons. The molecular formula is C22H43N5O13. The van der Waals surface area contributed by atoms with Gasteiger partial charge in [-0.3, -0.25) is 4.79 Å². The van der Waals surface area contributed by atoms with E-state index in [1.54, 1.807) is 0 Å². The van der Waals surface area contributed by atoms with Crippen LogP contribution in [-0.4, -0.2) is 164 Å². The predicted octanol–water partition coefficient (Wildman–Crippen LogP) is -8.42. The smallest absolute Gasteiger partial charge is 0.249 e. The average Bonchev–Trinajstić information content (AvgIpc) is 2.92. The Hall–Kier alpha value is -1.17. The van der Waals surface area contributed by atoms with Crippen molar-refractivity contribution in [3.05, 3.63) is 0 Å². The molecule has 0 aromatic rings. The lowest BCUT2D eigenvalue weighted by molar-refractivity contribution is -0.332. The molecule has 0 aromatic carbocycles. The molecule has 0 unspecified atom stereocenters. The van der Waals surface area contributed by atoms with Crippen LogP contribution in [0, 0.1) is 0 Å². The summed E-state index contributed by atoms with van der Waals surface area (Å²) < 4.78 is 22.4. The van der Waals surface area contributed by atoms with Crippen molar-refractivity contribution in [2.24, 2.45) is 22.9 Å². The second-order valence-electron chi connectivity index (χ2n) is 10.3. The van der Waals surface area contributed by atoms with E-state index in [4.69, 9.17) is 41.9 Å². The molecule has 234 valence electrons. The first kappa shape index (κ1) is 33.3. The van der Waals surface area contributed by atoms with Crippen molar-refractivity contribution >= 4 is 5.91 Å². The number of aliphatic hydroxyl groups excluding tert-OH is 8. The molecule has 2 aliphatic heterocycles. The van der Waals surface area contributed by atoms with E-state index in [2.05, 4.69) is 5.32 Å². The van der Waals surface area contributed by atoms with Crippen LogP contribution in [0.5, 0.6) is 0 Å². The molecular weight excluding hydrogens is 542 g/mol. The highest BCUT2D eigenvalue weighted by molar-refractivity contribution is 5.80. The second kappa shape index (κ2) is 14.3. The summed E-state index contributed by atoms with van der Waals surface area (Å²) in [6.45, 7) is -0.957. The van der Waals surface area contributed by atoms with Gasteiger partial charge in [0.05, 0.1) is 12.6 Å². The van der Waals surface area contributed by atoms with E-state index in [1.807, 2.05) is 0 Å². The van der Waals surface area contributed by atoms with Crippen LogP contribution in [-0.2, 0) is 23.7 Å². The summed E-state index contributed by atoms with van der Waals surface area (Å²) in [5.41, 5.74) is 23.2. The van der Waals surface area contributed by atoms with E-state index < -0.39 is 110 Å². The molecule has 2 saturated heterocycles. The maximum atomic E-state index is 12.3. The minimum absolute atomic E-state index is 0.00101. The van der Waals surface area contributed by atoms with E-state index in [0.717, 1.165) is 0 Å². The third-order valence-corrected chi connectivity index (χ3v) is 7.48. The van der Waals surface area contributed by atoms with E-state index in [1.165, 1.54) is 0 Å². The molecule has 40 heavy (non-hydrogen) atoms. The molecule has 18 heteroatoms. The summed E-state index contributed by atoms with van der Waals surface area (Å²) in [6.07, 6.45) is -19.7. The Morgan fingerprint density at radius 1 is 0.825 bits per heavy atom. The number of carbonyl (C=O) groups is 1. The highest BCUT2D eigenvalue weighted by Crippen LogP contribution is 2.31. The molecule has 0 spiro atoms.